The second-order valence-electron chi connectivity index (χ2n) is 3.29. The summed E-state index contributed by atoms with van der Waals surface area (Å²) in [4.78, 5) is 8.14. The largest absolute Gasteiger partial charge is 0.505 e. The summed E-state index contributed by atoms with van der Waals surface area (Å²) in [7, 11) is 0. The van der Waals surface area contributed by atoms with Crippen molar-refractivity contribution in [3.8, 4) is 17.1 Å². The third kappa shape index (κ3) is 1.97. The first-order valence-electron chi connectivity index (χ1n) is 4.56. The van der Waals surface area contributed by atoms with Gasteiger partial charge in [0.1, 0.15) is 0 Å². The van der Waals surface area contributed by atoms with Crippen molar-refractivity contribution < 1.29 is 9.50 Å². The van der Waals surface area contributed by atoms with Gasteiger partial charge in [-0.3, -0.25) is 0 Å². The Hall–Kier alpha value is -1.68. The lowest BCUT2D eigenvalue weighted by Crippen LogP contribution is -1.92. The van der Waals surface area contributed by atoms with Crippen molar-refractivity contribution >= 4 is 11.6 Å². The molecule has 0 radical (unpaired) electrons. The highest BCUT2D eigenvalue weighted by Gasteiger charge is 2.07. The molecule has 1 heterocycles. The molecule has 1 aromatic carbocycles. The lowest BCUT2D eigenvalue weighted by Gasteiger charge is -2.03. The van der Waals surface area contributed by atoms with Crippen molar-refractivity contribution in [1.29, 1.82) is 0 Å². The van der Waals surface area contributed by atoms with Gasteiger partial charge in [0, 0.05) is 11.8 Å². The highest BCUT2D eigenvalue weighted by molar-refractivity contribution is 6.31. The Morgan fingerprint density at radius 1 is 1.38 bits per heavy atom. The molecule has 2 aromatic rings. The second-order valence-corrected chi connectivity index (χ2v) is 3.70. The van der Waals surface area contributed by atoms with Gasteiger partial charge in [-0.2, -0.15) is 0 Å². The zero-order valence-electron chi connectivity index (χ0n) is 8.41. The van der Waals surface area contributed by atoms with E-state index in [1.54, 1.807) is 6.92 Å². The number of aromatic nitrogens is 2. The molecule has 5 heteroatoms. The summed E-state index contributed by atoms with van der Waals surface area (Å²) >= 11 is 5.79. The van der Waals surface area contributed by atoms with E-state index in [-0.39, 0.29) is 0 Å². The predicted molar refractivity (Wildman–Crippen MR) is 58.8 cm³/mol. The zero-order valence-corrected chi connectivity index (χ0v) is 9.16. The van der Waals surface area contributed by atoms with E-state index in [4.69, 9.17) is 11.6 Å². The lowest BCUT2D eigenvalue weighted by molar-refractivity contribution is 0.432. The maximum Gasteiger partial charge on any atom is 0.164 e. The van der Waals surface area contributed by atoms with Crippen LogP contribution in [0.1, 0.15) is 5.69 Å². The Kier molecular flexibility index (Phi) is 2.75. The van der Waals surface area contributed by atoms with E-state index in [2.05, 4.69) is 9.97 Å². The predicted octanol–water partition coefficient (Wildman–Crippen LogP) is 2.95. The fourth-order valence-corrected chi connectivity index (χ4v) is 1.33. The van der Waals surface area contributed by atoms with E-state index in [0.717, 1.165) is 6.07 Å². The van der Waals surface area contributed by atoms with Crippen molar-refractivity contribution in [1.82, 2.24) is 9.97 Å². The summed E-state index contributed by atoms with van der Waals surface area (Å²) < 4.78 is 12.8. The van der Waals surface area contributed by atoms with Crippen molar-refractivity contribution in [2.45, 2.75) is 6.92 Å². The topological polar surface area (TPSA) is 46.0 Å². The Morgan fingerprint density at radius 2 is 2.12 bits per heavy atom. The van der Waals surface area contributed by atoms with Gasteiger partial charge in [-0.05, 0) is 25.1 Å². The summed E-state index contributed by atoms with van der Waals surface area (Å²) in [6.45, 7) is 1.75. The molecule has 82 valence electrons. The lowest BCUT2D eigenvalue weighted by atomic mass is 10.2. The average molecular weight is 239 g/mol. The number of nitrogens with zero attached hydrogens (tertiary/aromatic N) is 2. The number of phenolic OH excluding ortho intramolecular Hbond substituents is 1. The number of phenols is 1. The molecule has 0 saturated carbocycles. The van der Waals surface area contributed by atoms with Crippen LogP contribution in [0.4, 0.5) is 4.39 Å². The monoisotopic (exact) mass is 238 g/mol. The van der Waals surface area contributed by atoms with Crippen LogP contribution >= 0.6 is 11.6 Å². The first-order chi connectivity index (χ1) is 7.58. The molecule has 16 heavy (non-hydrogen) atoms. The summed E-state index contributed by atoms with van der Waals surface area (Å²) in [5.74, 6) is -0.694. The summed E-state index contributed by atoms with van der Waals surface area (Å²) in [5, 5.41) is 9.70. The van der Waals surface area contributed by atoms with E-state index >= 15 is 0 Å². The minimum absolute atomic E-state index is 0.400. The van der Waals surface area contributed by atoms with E-state index in [1.165, 1.54) is 18.3 Å². The number of hydrogen-bond donors (Lipinski definition) is 1. The zero-order chi connectivity index (χ0) is 11.7. The van der Waals surface area contributed by atoms with Gasteiger partial charge in [0.15, 0.2) is 17.4 Å². The fourth-order valence-electron chi connectivity index (χ4n) is 1.24. The molecule has 0 fully saturated rings. The van der Waals surface area contributed by atoms with E-state index in [0.29, 0.717) is 22.1 Å². The van der Waals surface area contributed by atoms with E-state index in [9.17, 15) is 9.50 Å². The molecule has 3 nitrogen and oxygen atoms in total. The standard InChI is InChI=1S/C11H8ClFN2O/c1-6-8(12)5-14-11(15-6)7-2-3-9(13)10(16)4-7/h2-5,16H,1H3. The van der Waals surface area contributed by atoms with Crippen LogP contribution in [0.5, 0.6) is 5.75 Å². The molecule has 0 aliphatic carbocycles. The third-order valence-corrected chi connectivity index (χ3v) is 2.49. The number of aryl methyl sites for hydroxylation is 1. The van der Waals surface area contributed by atoms with Gasteiger partial charge in [0.2, 0.25) is 0 Å². The number of rotatable bonds is 1. The fraction of sp³-hybridized carbons (Fsp3) is 0.0909. The van der Waals surface area contributed by atoms with Crippen LogP contribution in [0, 0.1) is 12.7 Å². The average Bonchev–Trinajstić information content (AvgIpc) is 2.26. The van der Waals surface area contributed by atoms with Gasteiger partial charge in [-0.1, -0.05) is 11.6 Å². The highest BCUT2D eigenvalue weighted by atomic mass is 35.5. The Bertz CT molecular complexity index is 496. The first kappa shape index (κ1) is 10.8. The van der Waals surface area contributed by atoms with E-state index in [1.807, 2.05) is 0 Å². The Morgan fingerprint density at radius 3 is 2.75 bits per heavy atom. The highest BCUT2D eigenvalue weighted by Crippen LogP contribution is 2.24. The molecular weight excluding hydrogens is 231 g/mol. The van der Waals surface area contributed by atoms with Crippen molar-refractivity contribution in [3.05, 3.63) is 40.9 Å². The quantitative estimate of drug-likeness (QED) is 0.831. The number of halogens is 2. The number of benzene rings is 1. The molecule has 1 aromatic heterocycles. The summed E-state index contributed by atoms with van der Waals surface area (Å²) in [5.41, 5.74) is 1.18. The van der Waals surface area contributed by atoms with Crippen LogP contribution < -0.4 is 0 Å². The molecular formula is C11H8ClFN2O. The minimum Gasteiger partial charge on any atom is -0.505 e. The smallest absolute Gasteiger partial charge is 0.164 e. The Balaban J connectivity index is 2.50. The first-order valence-corrected chi connectivity index (χ1v) is 4.94. The van der Waals surface area contributed by atoms with Crippen LogP contribution in [0.3, 0.4) is 0 Å². The molecule has 0 aliphatic heterocycles. The van der Waals surface area contributed by atoms with Gasteiger partial charge in [0.25, 0.3) is 0 Å². The molecule has 0 unspecified atom stereocenters. The number of aromatic hydroxyl groups is 1. The van der Waals surface area contributed by atoms with Crippen LogP contribution in [0.2, 0.25) is 5.02 Å². The second kappa shape index (κ2) is 4.06. The van der Waals surface area contributed by atoms with Crippen LogP contribution in [-0.4, -0.2) is 15.1 Å². The molecule has 0 amide bonds. The maximum absolute atomic E-state index is 12.8. The van der Waals surface area contributed by atoms with Crippen molar-refractivity contribution in [3.63, 3.8) is 0 Å². The Labute approximate surface area is 96.6 Å². The van der Waals surface area contributed by atoms with Crippen LogP contribution in [0.25, 0.3) is 11.4 Å². The molecule has 2 rings (SSSR count). The van der Waals surface area contributed by atoms with Gasteiger partial charge in [-0.25, -0.2) is 14.4 Å². The SMILES string of the molecule is Cc1nc(-c2ccc(F)c(O)c2)ncc1Cl. The molecule has 0 saturated heterocycles. The minimum atomic E-state index is -0.672. The van der Waals surface area contributed by atoms with Gasteiger partial charge in [0.05, 0.1) is 10.7 Å². The molecule has 0 atom stereocenters. The molecule has 0 spiro atoms. The normalized spacial score (nSPS) is 10.4. The van der Waals surface area contributed by atoms with Gasteiger partial charge >= 0.3 is 0 Å². The summed E-state index contributed by atoms with van der Waals surface area (Å²) in [6, 6.07) is 3.94. The third-order valence-electron chi connectivity index (χ3n) is 2.12. The van der Waals surface area contributed by atoms with Crippen molar-refractivity contribution in [2.24, 2.45) is 0 Å². The molecule has 0 aliphatic rings. The van der Waals surface area contributed by atoms with Crippen LogP contribution in [-0.2, 0) is 0 Å². The molecule has 1 N–H and O–H groups in total. The summed E-state index contributed by atoms with van der Waals surface area (Å²) in [6.07, 6.45) is 1.47. The number of hydrogen-bond acceptors (Lipinski definition) is 3. The van der Waals surface area contributed by atoms with Gasteiger partial charge < -0.3 is 5.11 Å². The maximum atomic E-state index is 12.8. The molecule has 0 bridgehead atoms. The van der Waals surface area contributed by atoms with E-state index < -0.39 is 11.6 Å². The van der Waals surface area contributed by atoms with Crippen LogP contribution in [0.15, 0.2) is 24.4 Å². The van der Waals surface area contributed by atoms with Gasteiger partial charge in [-0.15, -0.1) is 0 Å². The van der Waals surface area contributed by atoms with Crippen molar-refractivity contribution in [2.75, 3.05) is 0 Å².